The number of nitrogens with zero attached hydrogens (tertiary/aromatic N) is 4. The third-order valence-electron chi connectivity index (χ3n) is 3.13. The van der Waals surface area contributed by atoms with E-state index in [-0.39, 0.29) is 0 Å². The zero-order valence-corrected chi connectivity index (χ0v) is 15.4. The van der Waals surface area contributed by atoms with E-state index in [0.29, 0.717) is 32.7 Å². The van der Waals surface area contributed by atoms with Crippen LogP contribution in [0.25, 0.3) is 0 Å². The molecule has 0 spiro atoms. The van der Waals surface area contributed by atoms with E-state index in [9.17, 15) is 0 Å². The summed E-state index contributed by atoms with van der Waals surface area (Å²) in [6, 6.07) is 9.12. The van der Waals surface area contributed by atoms with E-state index >= 15 is 0 Å². The Bertz CT molecular complexity index is 907. The van der Waals surface area contributed by atoms with Crippen molar-refractivity contribution < 1.29 is 4.42 Å². The first-order valence-electron chi connectivity index (χ1n) is 7.15. The van der Waals surface area contributed by atoms with E-state index in [1.165, 1.54) is 22.7 Å². The Balaban J connectivity index is 1.60. The van der Waals surface area contributed by atoms with Crippen LogP contribution < -0.4 is 11.3 Å². The van der Waals surface area contributed by atoms with Gasteiger partial charge in [-0.1, -0.05) is 41.0 Å². The molecule has 0 radical (unpaired) electrons. The molecule has 0 amide bonds. The highest BCUT2D eigenvalue weighted by Crippen LogP contribution is 2.27. The zero-order valence-electron chi connectivity index (χ0n) is 13.1. The molecule has 130 valence electrons. The zero-order chi connectivity index (χ0) is 17.8. The maximum atomic E-state index is 6.01. The van der Waals surface area contributed by atoms with Gasteiger partial charge in [0.1, 0.15) is 11.5 Å². The third kappa shape index (κ3) is 4.47. The van der Waals surface area contributed by atoms with Gasteiger partial charge in [-0.25, -0.2) is 10.1 Å². The first-order chi connectivity index (χ1) is 12.0. The van der Waals surface area contributed by atoms with Gasteiger partial charge in [0.2, 0.25) is 5.16 Å². The summed E-state index contributed by atoms with van der Waals surface area (Å²) in [6.45, 7) is 1.86. The molecule has 0 fully saturated rings. The molecule has 0 bridgehead atoms. The van der Waals surface area contributed by atoms with E-state index in [0.717, 1.165) is 11.3 Å². The highest BCUT2D eigenvalue weighted by Gasteiger charge is 2.10. The van der Waals surface area contributed by atoms with E-state index in [1.54, 1.807) is 6.07 Å². The maximum Gasteiger partial charge on any atom is 0.264 e. The van der Waals surface area contributed by atoms with Crippen LogP contribution in [-0.4, -0.2) is 21.1 Å². The Morgan fingerprint density at radius 2 is 2.12 bits per heavy atom. The monoisotopic (exact) mass is 396 g/mol. The van der Waals surface area contributed by atoms with Crippen LogP contribution in [0.5, 0.6) is 0 Å². The van der Waals surface area contributed by atoms with E-state index < -0.39 is 0 Å². The van der Waals surface area contributed by atoms with Crippen molar-refractivity contribution in [3.63, 3.8) is 0 Å². The second-order valence-electron chi connectivity index (χ2n) is 5.03. The van der Waals surface area contributed by atoms with Crippen molar-refractivity contribution in [2.45, 2.75) is 17.8 Å². The standard InChI is InChI=1S/C15H14Cl2N6OS/c1-9-2-4-11(24-9)7-19-20-14-21-22-15(23(14)18)25-8-10-3-5-12(16)13(17)6-10/h2-7H,8,18H2,1H3,(H,20,21)/b19-7+. The SMILES string of the molecule is Cc1ccc(/C=N/Nc2nnc(SCc3ccc(Cl)c(Cl)c3)n2N)o1. The van der Waals surface area contributed by atoms with Crippen LogP contribution in [0.15, 0.2) is 45.0 Å². The molecule has 0 saturated heterocycles. The van der Waals surface area contributed by atoms with E-state index in [2.05, 4.69) is 20.7 Å². The van der Waals surface area contributed by atoms with Gasteiger partial charge in [0.15, 0.2) is 0 Å². The Morgan fingerprint density at radius 1 is 1.28 bits per heavy atom. The summed E-state index contributed by atoms with van der Waals surface area (Å²) in [6.07, 6.45) is 1.53. The van der Waals surface area contributed by atoms with Gasteiger partial charge in [0.25, 0.3) is 5.95 Å². The molecule has 2 aromatic heterocycles. The third-order valence-corrected chi connectivity index (χ3v) is 4.89. The quantitative estimate of drug-likeness (QED) is 0.283. The topological polar surface area (TPSA) is 94.3 Å². The van der Waals surface area contributed by atoms with Gasteiger partial charge in [-0.15, -0.1) is 10.2 Å². The summed E-state index contributed by atoms with van der Waals surface area (Å²) in [7, 11) is 0. The predicted molar refractivity (Wildman–Crippen MR) is 101 cm³/mol. The Kier molecular flexibility index (Phi) is 5.52. The first kappa shape index (κ1) is 17.7. The lowest BCUT2D eigenvalue weighted by atomic mass is 10.2. The van der Waals surface area contributed by atoms with Crippen LogP contribution in [0.3, 0.4) is 0 Å². The number of anilines is 1. The van der Waals surface area contributed by atoms with Crippen molar-refractivity contribution in [1.82, 2.24) is 14.9 Å². The van der Waals surface area contributed by atoms with Crippen molar-refractivity contribution in [2.24, 2.45) is 5.10 Å². The molecule has 0 atom stereocenters. The Labute approximate surface area is 158 Å². The van der Waals surface area contributed by atoms with Gasteiger partial charge in [0.05, 0.1) is 16.3 Å². The van der Waals surface area contributed by atoms with Crippen LogP contribution in [0.4, 0.5) is 5.95 Å². The number of hydrogen-bond acceptors (Lipinski definition) is 7. The minimum Gasteiger partial charge on any atom is -0.460 e. The number of rotatable bonds is 6. The molecule has 25 heavy (non-hydrogen) atoms. The fourth-order valence-corrected chi connectivity index (χ4v) is 3.03. The normalized spacial score (nSPS) is 11.3. The summed E-state index contributed by atoms with van der Waals surface area (Å²) in [5.41, 5.74) is 3.73. The van der Waals surface area contributed by atoms with Crippen molar-refractivity contribution in [2.75, 3.05) is 11.3 Å². The number of nitrogens with two attached hydrogens (primary N) is 1. The average Bonchev–Trinajstić information content (AvgIpc) is 3.15. The first-order valence-corrected chi connectivity index (χ1v) is 8.90. The maximum absolute atomic E-state index is 6.01. The van der Waals surface area contributed by atoms with Gasteiger partial charge in [0, 0.05) is 5.75 Å². The molecule has 0 aliphatic rings. The van der Waals surface area contributed by atoms with Crippen LogP contribution >= 0.6 is 35.0 Å². The number of nitrogens with one attached hydrogen (secondary N) is 1. The molecule has 7 nitrogen and oxygen atoms in total. The second kappa shape index (κ2) is 7.81. The number of halogens is 2. The number of aryl methyl sites for hydroxylation is 1. The lowest BCUT2D eigenvalue weighted by Gasteiger charge is -2.04. The molecule has 0 unspecified atom stereocenters. The minimum atomic E-state index is 0.316. The van der Waals surface area contributed by atoms with Gasteiger partial charge >= 0.3 is 0 Å². The van der Waals surface area contributed by atoms with Gasteiger partial charge in [-0.2, -0.15) is 5.10 Å². The Morgan fingerprint density at radius 3 is 2.84 bits per heavy atom. The van der Waals surface area contributed by atoms with Crippen molar-refractivity contribution >= 4 is 47.1 Å². The number of hydrogen-bond donors (Lipinski definition) is 2. The second-order valence-corrected chi connectivity index (χ2v) is 6.79. The summed E-state index contributed by atoms with van der Waals surface area (Å²) in [5.74, 6) is 8.35. The molecule has 0 aliphatic carbocycles. The van der Waals surface area contributed by atoms with Crippen molar-refractivity contribution in [3.8, 4) is 0 Å². The van der Waals surface area contributed by atoms with Gasteiger partial charge in [-0.3, -0.25) is 0 Å². The van der Waals surface area contributed by atoms with E-state index in [1.807, 2.05) is 31.2 Å². The molecule has 0 aliphatic heterocycles. The van der Waals surface area contributed by atoms with Crippen molar-refractivity contribution in [3.05, 3.63) is 57.5 Å². The fraction of sp³-hybridized carbons (Fsp3) is 0.133. The Hall–Kier alpha value is -2.16. The highest BCUT2D eigenvalue weighted by atomic mass is 35.5. The van der Waals surface area contributed by atoms with Crippen LogP contribution in [0, 0.1) is 6.92 Å². The number of aromatic nitrogens is 3. The molecule has 1 aromatic carbocycles. The van der Waals surface area contributed by atoms with E-state index in [4.69, 9.17) is 33.5 Å². The summed E-state index contributed by atoms with van der Waals surface area (Å²) in [5, 5.41) is 13.6. The summed E-state index contributed by atoms with van der Waals surface area (Å²) < 4.78 is 6.70. The van der Waals surface area contributed by atoms with Crippen LogP contribution in [0.1, 0.15) is 17.1 Å². The molecule has 10 heteroatoms. The lowest BCUT2D eigenvalue weighted by molar-refractivity contribution is 0.528. The molecule has 3 rings (SSSR count). The average molecular weight is 397 g/mol. The largest absolute Gasteiger partial charge is 0.460 e. The fourth-order valence-electron chi connectivity index (χ4n) is 1.91. The van der Waals surface area contributed by atoms with Crippen LogP contribution in [-0.2, 0) is 5.75 Å². The number of nitrogen functional groups attached to an aromatic ring is 1. The highest BCUT2D eigenvalue weighted by molar-refractivity contribution is 7.98. The van der Waals surface area contributed by atoms with Crippen LogP contribution in [0.2, 0.25) is 10.0 Å². The molecular formula is C15H14Cl2N6OS. The smallest absolute Gasteiger partial charge is 0.264 e. The number of thioether (sulfide) groups is 1. The number of benzene rings is 1. The minimum absolute atomic E-state index is 0.316. The number of hydrazone groups is 1. The van der Waals surface area contributed by atoms with Crippen molar-refractivity contribution in [1.29, 1.82) is 0 Å². The molecule has 3 N–H and O–H groups in total. The summed E-state index contributed by atoms with van der Waals surface area (Å²) in [4.78, 5) is 0. The molecule has 3 aromatic rings. The summed E-state index contributed by atoms with van der Waals surface area (Å²) >= 11 is 13.3. The molecular weight excluding hydrogens is 383 g/mol. The lowest BCUT2D eigenvalue weighted by Crippen LogP contribution is -2.13. The number of furan rings is 1. The van der Waals surface area contributed by atoms with Gasteiger partial charge in [-0.05, 0) is 36.8 Å². The molecule has 2 heterocycles. The van der Waals surface area contributed by atoms with Gasteiger partial charge < -0.3 is 10.3 Å². The molecule has 0 saturated carbocycles. The predicted octanol–water partition coefficient (Wildman–Crippen LogP) is 3.94.